The monoisotopic (exact) mass is 789 g/mol. The van der Waals surface area contributed by atoms with Gasteiger partial charge in [0.2, 0.25) is 0 Å². The lowest BCUT2D eigenvalue weighted by Gasteiger charge is -2.29. The van der Waals surface area contributed by atoms with Gasteiger partial charge in [-0.05, 0) is 120 Å². The lowest BCUT2D eigenvalue weighted by atomic mass is 9.92. The number of anilines is 3. The minimum Gasteiger partial charge on any atom is -0.455 e. The van der Waals surface area contributed by atoms with Crippen LogP contribution in [0.15, 0.2) is 241 Å². The van der Waals surface area contributed by atoms with E-state index in [-0.39, 0.29) is 0 Å². The summed E-state index contributed by atoms with van der Waals surface area (Å²) in [5, 5.41) is 9.56. The first kappa shape index (κ1) is 35.7. The molecule has 0 saturated carbocycles. The van der Waals surface area contributed by atoms with E-state index in [1.54, 1.807) is 0 Å². The van der Waals surface area contributed by atoms with Gasteiger partial charge in [0, 0.05) is 33.1 Å². The molecule has 12 rings (SSSR count). The predicted molar refractivity (Wildman–Crippen MR) is 263 cm³/mol. The molecule has 0 aliphatic heterocycles. The number of nitrogens with zero attached hydrogens (tertiary/aromatic N) is 1. The molecule has 0 N–H and O–H groups in total. The van der Waals surface area contributed by atoms with Crippen LogP contribution in [0.1, 0.15) is 0 Å². The van der Waals surface area contributed by atoms with Crippen molar-refractivity contribution in [3.8, 4) is 44.5 Å². The summed E-state index contributed by atoms with van der Waals surface area (Å²) in [5.74, 6) is 0. The van der Waals surface area contributed by atoms with E-state index in [1.807, 2.05) is 0 Å². The minimum absolute atomic E-state index is 0.884. The van der Waals surface area contributed by atoms with Crippen molar-refractivity contribution in [3.63, 3.8) is 0 Å². The van der Waals surface area contributed by atoms with Crippen molar-refractivity contribution >= 4 is 71.3 Å². The minimum atomic E-state index is 0.884. The van der Waals surface area contributed by atoms with Crippen LogP contribution in [0.3, 0.4) is 0 Å². The van der Waals surface area contributed by atoms with E-state index in [1.165, 1.54) is 60.3 Å². The molecule has 0 spiro atoms. The number of furan rings is 1. The van der Waals surface area contributed by atoms with Gasteiger partial charge in [-0.15, -0.1) is 0 Å². The highest BCUT2D eigenvalue weighted by Gasteiger charge is 2.21. The summed E-state index contributed by atoms with van der Waals surface area (Å²) in [4.78, 5) is 2.42. The summed E-state index contributed by atoms with van der Waals surface area (Å²) in [7, 11) is 0. The van der Waals surface area contributed by atoms with Gasteiger partial charge in [0.1, 0.15) is 11.2 Å². The Morgan fingerprint density at radius 2 is 0.871 bits per heavy atom. The highest BCUT2D eigenvalue weighted by Crippen LogP contribution is 2.46. The zero-order valence-electron chi connectivity index (χ0n) is 33.9. The first-order valence-electron chi connectivity index (χ1n) is 21.2. The van der Waals surface area contributed by atoms with Gasteiger partial charge in [0.15, 0.2) is 0 Å². The Bertz CT molecular complexity index is 3620. The van der Waals surface area contributed by atoms with Gasteiger partial charge in [-0.3, -0.25) is 0 Å². The van der Waals surface area contributed by atoms with Crippen LogP contribution >= 0.6 is 0 Å². The van der Waals surface area contributed by atoms with Gasteiger partial charge in [0.25, 0.3) is 0 Å². The summed E-state index contributed by atoms with van der Waals surface area (Å²) >= 11 is 0. The normalized spacial score (nSPS) is 11.5. The third-order valence-electron chi connectivity index (χ3n) is 12.5. The van der Waals surface area contributed by atoms with Crippen LogP contribution in [0.5, 0.6) is 0 Å². The summed E-state index contributed by atoms with van der Waals surface area (Å²) in [5.41, 5.74) is 14.4. The molecular weight excluding hydrogens is 751 g/mol. The van der Waals surface area contributed by atoms with Crippen LogP contribution in [0.2, 0.25) is 0 Å². The maximum atomic E-state index is 6.56. The zero-order valence-corrected chi connectivity index (χ0v) is 33.9. The highest BCUT2D eigenvalue weighted by atomic mass is 16.3. The summed E-state index contributed by atoms with van der Waals surface area (Å²) in [6.07, 6.45) is 0. The molecule has 2 nitrogen and oxygen atoms in total. The average Bonchev–Trinajstić information content (AvgIpc) is 3.73. The predicted octanol–water partition coefficient (Wildman–Crippen LogP) is 17.2. The molecule has 1 aromatic heterocycles. The largest absolute Gasteiger partial charge is 0.455 e. The van der Waals surface area contributed by atoms with Crippen molar-refractivity contribution in [1.82, 2.24) is 0 Å². The van der Waals surface area contributed by atoms with E-state index in [0.717, 1.165) is 55.5 Å². The van der Waals surface area contributed by atoms with E-state index in [0.29, 0.717) is 0 Å². The molecule has 0 atom stereocenters. The van der Waals surface area contributed by atoms with Gasteiger partial charge in [-0.1, -0.05) is 182 Å². The Morgan fingerprint density at radius 3 is 1.66 bits per heavy atom. The van der Waals surface area contributed by atoms with Crippen molar-refractivity contribution in [2.75, 3.05) is 4.90 Å². The molecule has 12 aromatic rings. The third-order valence-corrected chi connectivity index (χ3v) is 12.5. The summed E-state index contributed by atoms with van der Waals surface area (Å²) in [6, 6.07) is 85.5. The smallest absolute Gasteiger partial charge is 0.143 e. The topological polar surface area (TPSA) is 16.4 Å². The van der Waals surface area contributed by atoms with Crippen LogP contribution in [0.25, 0.3) is 98.8 Å². The SMILES string of the molecule is c1ccc(-c2ccc(N(c3ccc(-c4cc5ccccc5c5ccccc45)cc3)c3ccccc3-c3ccc4oc5c6ccccc6ccc5c4c3)cc2-c2ccccc2)cc1. The van der Waals surface area contributed by atoms with Crippen LogP contribution in [-0.2, 0) is 0 Å². The van der Waals surface area contributed by atoms with E-state index in [2.05, 4.69) is 241 Å². The van der Waals surface area contributed by atoms with E-state index >= 15 is 0 Å². The Morgan fingerprint density at radius 1 is 0.274 bits per heavy atom. The molecule has 0 bridgehead atoms. The maximum Gasteiger partial charge on any atom is 0.143 e. The van der Waals surface area contributed by atoms with E-state index in [4.69, 9.17) is 4.42 Å². The molecule has 0 aliphatic rings. The van der Waals surface area contributed by atoms with Crippen molar-refractivity contribution < 1.29 is 4.42 Å². The Hall–Kier alpha value is -8.20. The molecule has 0 fully saturated rings. The second-order valence-corrected chi connectivity index (χ2v) is 16.0. The second kappa shape index (κ2) is 14.8. The Balaban J connectivity index is 1.06. The average molecular weight is 790 g/mol. The van der Waals surface area contributed by atoms with Gasteiger partial charge >= 0.3 is 0 Å². The lowest BCUT2D eigenvalue weighted by Crippen LogP contribution is -2.11. The molecule has 0 amide bonds. The maximum absolute atomic E-state index is 6.56. The van der Waals surface area contributed by atoms with Crippen LogP contribution in [0, 0.1) is 0 Å². The van der Waals surface area contributed by atoms with Gasteiger partial charge in [-0.2, -0.15) is 0 Å². The van der Waals surface area contributed by atoms with Crippen molar-refractivity contribution in [2.45, 2.75) is 0 Å². The first-order valence-corrected chi connectivity index (χ1v) is 21.2. The molecule has 0 aliphatic carbocycles. The van der Waals surface area contributed by atoms with Crippen LogP contribution in [-0.4, -0.2) is 0 Å². The number of para-hydroxylation sites is 1. The number of fused-ring (bicyclic) bond motifs is 8. The molecule has 0 radical (unpaired) electrons. The van der Waals surface area contributed by atoms with Crippen LogP contribution in [0.4, 0.5) is 17.1 Å². The van der Waals surface area contributed by atoms with Gasteiger partial charge < -0.3 is 9.32 Å². The molecule has 1 heterocycles. The number of hydrogen-bond donors (Lipinski definition) is 0. The van der Waals surface area contributed by atoms with E-state index < -0.39 is 0 Å². The van der Waals surface area contributed by atoms with Crippen molar-refractivity contribution in [1.29, 1.82) is 0 Å². The lowest BCUT2D eigenvalue weighted by molar-refractivity contribution is 0.672. The molecule has 290 valence electrons. The standard InChI is InChI=1S/C60H39NO/c1-3-15-40(16-4-1)49-35-33-47(39-56(49)41-17-5-2-6-18-41)61(46-31-27-43(28-32-46)55-37-44-20-8-9-21-48(44)52-24-11-12-25-53(52)55)58-26-14-13-22-50(58)45-30-36-59-57(38-45)54-34-29-42-19-7-10-23-51(42)60(54)62-59/h1-39H. The fourth-order valence-electron chi connectivity index (χ4n) is 9.49. The number of rotatable bonds is 7. The number of benzene rings is 11. The summed E-state index contributed by atoms with van der Waals surface area (Å²) in [6.45, 7) is 0. The molecule has 11 aromatic carbocycles. The Labute approximate surface area is 360 Å². The fraction of sp³-hybridized carbons (Fsp3) is 0. The fourth-order valence-corrected chi connectivity index (χ4v) is 9.49. The van der Waals surface area contributed by atoms with Gasteiger partial charge in [0.05, 0.1) is 5.69 Å². The molecule has 62 heavy (non-hydrogen) atoms. The van der Waals surface area contributed by atoms with Crippen LogP contribution < -0.4 is 4.90 Å². The van der Waals surface area contributed by atoms with E-state index in [9.17, 15) is 0 Å². The quantitative estimate of drug-likeness (QED) is 0.150. The van der Waals surface area contributed by atoms with Crippen molar-refractivity contribution in [2.24, 2.45) is 0 Å². The molecule has 0 saturated heterocycles. The van der Waals surface area contributed by atoms with Crippen molar-refractivity contribution in [3.05, 3.63) is 237 Å². The third kappa shape index (κ3) is 6.04. The molecule has 0 unspecified atom stereocenters. The zero-order chi connectivity index (χ0) is 41.0. The van der Waals surface area contributed by atoms with Gasteiger partial charge in [-0.25, -0.2) is 0 Å². The second-order valence-electron chi connectivity index (χ2n) is 16.0. The Kier molecular flexibility index (Phi) is 8.53. The molecular formula is C60H39NO. The highest BCUT2D eigenvalue weighted by molar-refractivity contribution is 6.16. The summed E-state index contributed by atoms with van der Waals surface area (Å²) < 4.78 is 6.56. The number of hydrogen-bond acceptors (Lipinski definition) is 2. The molecule has 2 heteroatoms. The first-order chi connectivity index (χ1) is 30.7.